The van der Waals surface area contributed by atoms with Crippen LogP contribution in [0.3, 0.4) is 0 Å². The van der Waals surface area contributed by atoms with E-state index >= 15 is 0 Å². The van der Waals surface area contributed by atoms with Gasteiger partial charge in [0.05, 0.1) is 31.0 Å². The molecule has 2 aromatic carbocycles. The van der Waals surface area contributed by atoms with Gasteiger partial charge in [-0.15, -0.1) is 0 Å². The number of fused-ring (bicyclic) bond motifs is 1. The van der Waals surface area contributed by atoms with E-state index in [9.17, 15) is 18.7 Å². The van der Waals surface area contributed by atoms with E-state index in [1.54, 1.807) is 19.1 Å². The SMILES string of the molecule is CC.CCF.Cc1c(F)cccc1Cn1c(C)nc2c(C(=O)O)cc(N3CCOCC3)cc21. The first-order chi connectivity index (χ1) is 15.9. The molecule has 6 nitrogen and oxygen atoms in total. The van der Waals surface area contributed by atoms with Gasteiger partial charge < -0.3 is 19.3 Å². The molecule has 0 bridgehead atoms. The van der Waals surface area contributed by atoms with Gasteiger partial charge in [0.1, 0.15) is 17.2 Å². The van der Waals surface area contributed by atoms with Crippen LogP contribution in [-0.4, -0.2) is 53.6 Å². The summed E-state index contributed by atoms with van der Waals surface area (Å²) in [5.41, 5.74) is 3.64. The van der Waals surface area contributed by atoms with E-state index < -0.39 is 5.97 Å². The summed E-state index contributed by atoms with van der Waals surface area (Å²) >= 11 is 0. The fourth-order valence-electron chi connectivity index (χ4n) is 3.68. The third kappa shape index (κ3) is 6.07. The number of anilines is 1. The number of aryl methyl sites for hydroxylation is 1. The Bertz CT molecular complexity index is 1080. The quantitative estimate of drug-likeness (QED) is 0.565. The van der Waals surface area contributed by atoms with Crippen LogP contribution in [0.15, 0.2) is 30.3 Å². The number of benzene rings is 2. The van der Waals surface area contributed by atoms with Crippen LogP contribution < -0.4 is 4.90 Å². The van der Waals surface area contributed by atoms with Gasteiger partial charge in [-0.05, 0) is 50.1 Å². The molecule has 2 heterocycles. The molecule has 1 saturated heterocycles. The molecule has 1 aliphatic heterocycles. The van der Waals surface area contributed by atoms with Crippen LogP contribution >= 0.6 is 0 Å². The van der Waals surface area contributed by atoms with Gasteiger partial charge in [0.25, 0.3) is 0 Å². The van der Waals surface area contributed by atoms with E-state index in [1.807, 2.05) is 37.5 Å². The molecule has 4 rings (SSSR count). The number of halogens is 2. The van der Waals surface area contributed by atoms with Crippen LogP contribution in [0.4, 0.5) is 14.5 Å². The third-order valence-electron chi connectivity index (χ3n) is 5.34. The third-order valence-corrected chi connectivity index (χ3v) is 5.34. The molecule has 3 aromatic rings. The zero-order chi connectivity index (χ0) is 24.5. The van der Waals surface area contributed by atoms with Gasteiger partial charge in [0, 0.05) is 25.3 Å². The van der Waals surface area contributed by atoms with Gasteiger partial charge in [-0.1, -0.05) is 26.0 Å². The number of imidazole rings is 1. The second kappa shape index (κ2) is 12.3. The molecule has 8 heteroatoms. The zero-order valence-electron chi connectivity index (χ0n) is 20.0. The Morgan fingerprint density at radius 3 is 2.42 bits per heavy atom. The zero-order valence-corrected chi connectivity index (χ0v) is 20.0. The smallest absolute Gasteiger partial charge is 0.338 e. The fraction of sp³-hybridized carbons (Fsp3) is 0.440. The lowest BCUT2D eigenvalue weighted by atomic mass is 10.1. The van der Waals surface area contributed by atoms with Crippen molar-refractivity contribution in [1.29, 1.82) is 0 Å². The van der Waals surface area contributed by atoms with Crippen molar-refractivity contribution in [2.75, 3.05) is 37.9 Å². The van der Waals surface area contributed by atoms with Crippen molar-refractivity contribution >= 4 is 22.7 Å². The lowest BCUT2D eigenvalue weighted by molar-refractivity contribution is 0.0699. The largest absolute Gasteiger partial charge is 0.478 e. The van der Waals surface area contributed by atoms with E-state index in [0.717, 1.165) is 16.8 Å². The predicted molar refractivity (Wildman–Crippen MR) is 128 cm³/mol. The van der Waals surface area contributed by atoms with Gasteiger partial charge in [-0.2, -0.15) is 0 Å². The Morgan fingerprint density at radius 1 is 1.18 bits per heavy atom. The predicted octanol–water partition coefficient (Wildman–Crippen LogP) is 5.38. The Kier molecular flexibility index (Phi) is 9.78. The van der Waals surface area contributed by atoms with E-state index in [0.29, 0.717) is 49.8 Å². The Balaban J connectivity index is 0.000000714. The summed E-state index contributed by atoms with van der Waals surface area (Å²) in [5, 5.41) is 9.73. The van der Waals surface area contributed by atoms with E-state index in [1.165, 1.54) is 13.0 Å². The molecular formula is C25H33F2N3O3. The number of nitrogens with zero attached hydrogens (tertiary/aromatic N) is 3. The number of ether oxygens (including phenoxy) is 1. The minimum atomic E-state index is -1.01. The van der Waals surface area contributed by atoms with E-state index in [4.69, 9.17) is 4.74 Å². The molecule has 1 N–H and O–H groups in total. The first-order valence-electron chi connectivity index (χ1n) is 11.2. The number of aromatic carboxylic acids is 1. The van der Waals surface area contributed by atoms with Crippen molar-refractivity contribution in [3.8, 4) is 0 Å². The normalized spacial score (nSPS) is 13.1. The molecule has 0 unspecified atom stereocenters. The summed E-state index contributed by atoms with van der Waals surface area (Å²) in [6.45, 7) is 11.9. The maximum absolute atomic E-state index is 14.0. The first kappa shape index (κ1) is 26.3. The summed E-state index contributed by atoms with van der Waals surface area (Å²) in [4.78, 5) is 18.5. The molecular weight excluding hydrogens is 428 g/mol. The van der Waals surface area contributed by atoms with Crippen molar-refractivity contribution in [1.82, 2.24) is 9.55 Å². The Morgan fingerprint density at radius 2 is 1.82 bits per heavy atom. The highest BCUT2D eigenvalue weighted by Crippen LogP contribution is 2.29. The monoisotopic (exact) mass is 461 g/mol. The number of carbonyl (C=O) groups is 1. The highest BCUT2D eigenvalue weighted by atomic mass is 19.1. The number of carboxylic acids is 1. The minimum Gasteiger partial charge on any atom is -0.478 e. The van der Waals surface area contributed by atoms with Crippen molar-refractivity contribution < 1.29 is 23.4 Å². The highest BCUT2D eigenvalue weighted by Gasteiger charge is 2.21. The number of aromatic nitrogens is 2. The second-order valence-electron chi connectivity index (χ2n) is 7.30. The van der Waals surface area contributed by atoms with Crippen LogP contribution in [0.2, 0.25) is 0 Å². The second-order valence-corrected chi connectivity index (χ2v) is 7.30. The van der Waals surface area contributed by atoms with Crippen LogP contribution in [-0.2, 0) is 11.3 Å². The molecule has 1 aliphatic rings. The lowest BCUT2D eigenvalue weighted by Crippen LogP contribution is -2.36. The molecule has 0 amide bonds. The summed E-state index contributed by atoms with van der Waals surface area (Å²) in [6.07, 6.45) is 0. The molecule has 0 atom stereocenters. The highest BCUT2D eigenvalue weighted by molar-refractivity contribution is 6.03. The summed E-state index contributed by atoms with van der Waals surface area (Å²) in [5.74, 6) is -0.563. The molecule has 1 aromatic heterocycles. The van der Waals surface area contributed by atoms with Crippen molar-refractivity contribution in [3.63, 3.8) is 0 Å². The number of morpholine rings is 1. The number of alkyl halides is 1. The van der Waals surface area contributed by atoms with Gasteiger partial charge in [-0.3, -0.25) is 4.39 Å². The summed E-state index contributed by atoms with van der Waals surface area (Å²) < 4.78 is 31.6. The molecule has 0 aliphatic carbocycles. The number of hydrogen-bond acceptors (Lipinski definition) is 4. The number of rotatable bonds is 4. The average Bonchev–Trinajstić information content (AvgIpc) is 3.13. The molecule has 33 heavy (non-hydrogen) atoms. The number of hydrogen-bond donors (Lipinski definition) is 1. The maximum atomic E-state index is 14.0. The fourth-order valence-corrected chi connectivity index (χ4v) is 3.68. The summed E-state index contributed by atoms with van der Waals surface area (Å²) in [6, 6.07) is 8.67. The van der Waals surface area contributed by atoms with Crippen molar-refractivity contribution in [2.45, 2.75) is 41.2 Å². The molecule has 1 fully saturated rings. The number of carboxylic acid groups (broad SMARTS) is 1. The van der Waals surface area contributed by atoms with Crippen LogP contribution in [0.5, 0.6) is 0 Å². The Labute approximate surface area is 193 Å². The topological polar surface area (TPSA) is 67.6 Å². The average molecular weight is 462 g/mol. The van der Waals surface area contributed by atoms with Gasteiger partial charge >= 0.3 is 5.97 Å². The van der Waals surface area contributed by atoms with Crippen LogP contribution in [0.1, 0.15) is 48.1 Å². The van der Waals surface area contributed by atoms with Crippen molar-refractivity contribution in [2.24, 2.45) is 0 Å². The molecule has 0 spiro atoms. The van der Waals surface area contributed by atoms with Crippen LogP contribution in [0.25, 0.3) is 11.0 Å². The molecule has 0 saturated carbocycles. The standard InChI is InChI=1S/C21H22FN3O3.C2H5F.C2H6/c1-13-15(4-3-5-18(13)22)12-25-14(2)23-20-17(21(26)27)10-16(11-19(20)25)24-6-8-28-9-7-24;1-2-3;1-2/h3-5,10-11H,6-9,12H2,1-2H3,(H,26,27);2H2,1H3;1-2H3. The maximum Gasteiger partial charge on any atom is 0.338 e. The van der Waals surface area contributed by atoms with E-state index in [-0.39, 0.29) is 18.1 Å². The molecule has 0 radical (unpaired) electrons. The first-order valence-corrected chi connectivity index (χ1v) is 11.2. The van der Waals surface area contributed by atoms with Gasteiger partial charge in [-0.25, -0.2) is 14.2 Å². The minimum absolute atomic E-state index is 0.178. The lowest BCUT2D eigenvalue weighted by Gasteiger charge is -2.29. The Hall–Kier alpha value is -3.00. The van der Waals surface area contributed by atoms with Crippen molar-refractivity contribution in [3.05, 3.63) is 58.7 Å². The molecule has 180 valence electrons. The van der Waals surface area contributed by atoms with Crippen LogP contribution in [0, 0.1) is 19.7 Å². The van der Waals surface area contributed by atoms with Gasteiger partial charge in [0.15, 0.2) is 0 Å². The van der Waals surface area contributed by atoms with E-state index in [2.05, 4.69) is 9.88 Å². The summed E-state index contributed by atoms with van der Waals surface area (Å²) in [7, 11) is 0. The van der Waals surface area contributed by atoms with Gasteiger partial charge in [0.2, 0.25) is 0 Å².